The van der Waals surface area contributed by atoms with E-state index in [9.17, 15) is 0 Å². The number of hydrazine groups is 1. The molecule has 1 saturated heterocycles. The summed E-state index contributed by atoms with van der Waals surface area (Å²) >= 11 is 8.40. The molecule has 0 amide bonds. The summed E-state index contributed by atoms with van der Waals surface area (Å²) in [5.41, 5.74) is 5.00. The minimum atomic E-state index is 0.268. The van der Waals surface area contributed by atoms with Crippen LogP contribution < -0.4 is 11.3 Å². The summed E-state index contributed by atoms with van der Waals surface area (Å²) in [5.74, 6) is 7.00. The smallest absolute Gasteiger partial charge is 0.0847 e. The van der Waals surface area contributed by atoms with E-state index in [-0.39, 0.29) is 6.04 Å². The van der Waals surface area contributed by atoms with Crippen molar-refractivity contribution >= 4 is 23.4 Å². The van der Waals surface area contributed by atoms with Crippen LogP contribution in [0, 0.1) is 6.92 Å². The van der Waals surface area contributed by atoms with Gasteiger partial charge in [0, 0.05) is 24.3 Å². The number of halogens is 1. The highest BCUT2D eigenvalue weighted by Crippen LogP contribution is 2.30. The van der Waals surface area contributed by atoms with Crippen molar-refractivity contribution in [3.05, 3.63) is 16.4 Å². The molecule has 0 radical (unpaired) electrons. The quantitative estimate of drug-likeness (QED) is 0.648. The maximum absolute atomic E-state index is 6.37. The molecule has 19 heavy (non-hydrogen) atoms. The summed E-state index contributed by atoms with van der Waals surface area (Å²) < 4.78 is 2.00. The summed E-state index contributed by atoms with van der Waals surface area (Å²) in [6.45, 7) is 4.89. The van der Waals surface area contributed by atoms with E-state index in [1.54, 1.807) is 0 Å². The van der Waals surface area contributed by atoms with Crippen LogP contribution in [0.3, 0.4) is 0 Å². The van der Waals surface area contributed by atoms with Gasteiger partial charge in [-0.1, -0.05) is 18.0 Å². The molecule has 1 aromatic heterocycles. The SMILES string of the molecule is CCn1nc(C)c(Cl)c1CC(NN)C1CCCCS1. The molecule has 0 bridgehead atoms. The van der Waals surface area contributed by atoms with Crippen molar-refractivity contribution in [2.24, 2.45) is 5.84 Å². The summed E-state index contributed by atoms with van der Waals surface area (Å²) in [6, 6.07) is 0.268. The summed E-state index contributed by atoms with van der Waals surface area (Å²) in [4.78, 5) is 0. The largest absolute Gasteiger partial charge is 0.271 e. The fourth-order valence-electron chi connectivity index (χ4n) is 2.65. The third-order valence-corrected chi connectivity index (χ3v) is 5.75. The van der Waals surface area contributed by atoms with E-state index in [0.29, 0.717) is 5.25 Å². The lowest BCUT2D eigenvalue weighted by Gasteiger charge is -2.29. The second kappa shape index (κ2) is 6.97. The molecule has 0 saturated carbocycles. The van der Waals surface area contributed by atoms with Gasteiger partial charge >= 0.3 is 0 Å². The molecule has 2 rings (SSSR count). The highest BCUT2D eigenvalue weighted by Gasteiger charge is 2.26. The number of nitrogens with one attached hydrogen (secondary N) is 1. The summed E-state index contributed by atoms with van der Waals surface area (Å²) in [6.07, 6.45) is 4.71. The molecule has 1 fully saturated rings. The molecule has 2 atom stereocenters. The maximum atomic E-state index is 6.37. The van der Waals surface area contributed by atoms with Crippen molar-refractivity contribution in [2.75, 3.05) is 5.75 Å². The third-order valence-electron chi connectivity index (χ3n) is 3.74. The molecular weight excluding hydrogens is 280 g/mol. The van der Waals surface area contributed by atoms with Gasteiger partial charge in [-0.2, -0.15) is 16.9 Å². The molecular formula is C13H23ClN4S. The van der Waals surface area contributed by atoms with Crippen LogP contribution in [0.15, 0.2) is 0 Å². The molecule has 0 aliphatic carbocycles. The van der Waals surface area contributed by atoms with Crippen molar-refractivity contribution in [1.82, 2.24) is 15.2 Å². The van der Waals surface area contributed by atoms with E-state index in [4.69, 9.17) is 17.4 Å². The van der Waals surface area contributed by atoms with E-state index in [0.717, 1.165) is 29.4 Å². The Morgan fingerprint density at radius 2 is 2.37 bits per heavy atom. The van der Waals surface area contributed by atoms with Gasteiger partial charge in [-0.3, -0.25) is 16.0 Å². The Labute approximate surface area is 124 Å². The van der Waals surface area contributed by atoms with Gasteiger partial charge in [0.2, 0.25) is 0 Å². The topological polar surface area (TPSA) is 55.9 Å². The minimum absolute atomic E-state index is 0.268. The van der Waals surface area contributed by atoms with Crippen LogP contribution in [0.1, 0.15) is 37.6 Å². The standard InChI is InChI=1S/C13H23ClN4S/c1-3-18-11(13(14)9(2)17-18)8-10(16-15)12-6-4-5-7-19-12/h10,12,16H,3-8,15H2,1-2H3. The number of aromatic nitrogens is 2. The van der Waals surface area contributed by atoms with E-state index in [1.165, 1.54) is 25.0 Å². The van der Waals surface area contributed by atoms with Crippen LogP contribution in [0.5, 0.6) is 0 Å². The van der Waals surface area contributed by atoms with Gasteiger partial charge in [0.05, 0.1) is 16.4 Å². The van der Waals surface area contributed by atoms with Gasteiger partial charge in [0.15, 0.2) is 0 Å². The first kappa shape index (κ1) is 15.2. The summed E-state index contributed by atoms with van der Waals surface area (Å²) in [7, 11) is 0. The zero-order chi connectivity index (χ0) is 13.8. The number of nitrogens with two attached hydrogens (primary N) is 1. The fraction of sp³-hybridized carbons (Fsp3) is 0.769. The number of hydrogen-bond donors (Lipinski definition) is 2. The van der Waals surface area contributed by atoms with Crippen molar-refractivity contribution in [3.8, 4) is 0 Å². The van der Waals surface area contributed by atoms with E-state index in [1.807, 2.05) is 23.4 Å². The highest BCUT2D eigenvalue weighted by molar-refractivity contribution is 8.00. The van der Waals surface area contributed by atoms with Gasteiger partial charge in [-0.15, -0.1) is 0 Å². The number of aryl methyl sites for hydroxylation is 2. The lowest BCUT2D eigenvalue weighted by molar-refractivity contribution is 0.456. The predicted molar refractivity (Wildman–Crippen MR) is 82.6 cm³/mol. The average molecular weight is 303 g/mol. The van der Waals surface area contributed by atoms with E-state index in [2.05, 4.69) is 17.4 Å². The Morgan fingerprint density at radius 3 is 2.95 bits per heavy atom. The van der Waals surface area contributed by atoms with Gasteiger partial charge in [0.25, 0.3) is 0 Å². The predicted octanol–water partition coefficient (Wildman–Crippen LogP) is 2.52. The van der Waals surface area contributed by atoms with Crippen LogP contribution in [-0.4, -0.2) is 26.8 Å². The van der Waals surface area contributed by atoms with Gasteiger partial charge in [-0.05, 0) is 32.4 Å². The lowest BCUT2D eigenvalue weighted by atomic mass is 10.0. The monoisotopic (exact) mass is 302 g/mol. The first-order valence-electron chi connectivity index (χ1n) is 6.96. The van der Waals surface area contributed by atoms with Crippen LogP contribution in [0.4, 0.5) is 0 Å². The Hall–Kier alpha value is -0.230. The first-order chi connectivity index (χ1) is 9.17. The van der Waals surface area contributed by atoms with Crippen molar-refractivity contribution < 1.29 is 0 Å². The van der Waals surface area contributed by atoms with Crippen LogP contribution >= 0.6 is 23.4 Å². The third kappa shape index (κ3) is 3.45. The highest BCUT2D eigenvalue weighted by atomic mass is 35.5. The van der Waals surface area contributed by atoms with Crippen LogP contribution in [0.2, 0.25) is 5.02 Å². The van der Waals surface area contributed by atoms with E-state index < -0.39 is 0 Å². The fourth-order valence-corrected chi connectivity index (χ4v) is 4.28. The number of thioether (sulfide) groups is 1. The van der Waals surface area contributed by atoms with E-state index >= 15 is 0 Å². The minimum Gasteiger partial charge on any atom is -0.271 e. The molecule has 108 valence electrons. The van der Waals surface area contributed by atoms with Crippen molar-refractivity contribution in [1.29, 1.82) is 0 Å². The van der Waals surface area contributed by atoms with Crippen molar-refractivity contribution in [2.45, 2.75) is 57.4 Å². The molecule has 2 unspecified atom stereocenters. The molecule has 3 N–H and O–H groups in total. The second-order valence-corrected chi connectivity index (χ2v) is 6.77. The second-order valence-electron chi connectivity index (χ2n) is 5.04. The molecule has 0 aromatic carbocycles. The zero-order valence-corrected chi connectivity index (χ0v) is 13.2. The maximum Gasteiger partial charge on any atom is 0.0847 e. The van der Waals surface area contributed by atoms with Crippen molar-refractivity contribution in [3.63, 3.8) is 0 Å². The Kier molecular flexibility index (Phi) is 5.57. The number of nitrogens with zero attached hydrogens (tertiary/aromatic N) is 2. The normalized spacial score (nSPS) is 21.6. The molecule has 1 aliphatic heterocycles. The Morgan fingerprint density at radius 1 is 1.58 bits per heavy atom. The lowest BCUT2D eigenvalue weighted by Crippen LogP contribution is -2.45. The zero-order valence-electron chi connectivity index (χ0n) is 11.7. The summed E-state index contributed by atoms with van der Waals surface area (Å²) in [5, 5.41) is 5.84. The molecule has 2 heterocycles. The molecule has 0 spiro atoms. The van der Waals surface area contributed by atoms with Gasteiger partial charge < -0.3 is 0 Å². The number of rotatable bonds is 5. The molecule has 1 aromatic rings. The average Bonchev–Trinajstić information content (AvgIpc) is 2.72. The number of hydrogen-bond acceptors (Lipinski definition) is 4. The van der Waals surface area contributed by atoms with Crippen LogP contribution in [-0.2, 0) is 13.0 Å². The Balaban J connectivity index is 2.13. The first-order valence-corrected chi connectivity index (χ1v) is 8.39. The molecule has 6 heteroatoms. The molecule has 4 nitrogen and oxygen atoms in total. The van der Waals surface area contributed by atoms with Crippen LogP contribution in [0.25, 0.3) is 0 Å². The Bertz CT molecular complexity index is 415. The van der Waals surface area contributed by atoms with Gasteiger partial charge in [-0.25, -0.2) is 0 Å². The van der Waals surface area contributed by atoms with Gasteiger partial charge in [0.1, 0.15) is 0 Å². The molecule has 1 aliphatic rings.